The number of amides is 3. The zero-order valence-corrected chi connectivity index (χ0v) is 34.7. The number of alkyl carbamates (subject to hydrolysis) is 1. The van der Waals surface area contributed by atoms with Crippen molar-refractivity contribution in [2.75, 3.05) is 19.6 Å². The Morgan fingerprint density at radius 2 is 1.51 bits per heavy atom. The van der Waals surface area contributed by atoms with Gasteiger partial charge in [-0.15, -0.1) is 0 Å². The Morgan fingerprint density at radius 1 is 0.820 bits per heavy atom. The van der Waals surface area contributed by atoms with Crippen LogP contribution in [0.4, 0.5) is 4.79 Å². The van der Waals surface area contributed by atoms with E-state index in [0.29, 0.717) is 37.5 Å². The Hall–Kier alpha value is -5.40. The molecule has 5 atom stereocenters. The van der Waals surface area contributed by atoms with E-state index in [1.807, 2.05) is 127 Å². The van der Waals surface area contributed by atoms with Gasteiger partial charge in [-0.25, -0.2) is 4.79 Å². The van der Waals surface area contributed by atoms with Gasteiger partial charge in [-0.05, 0) is 76.1 Å². The molecule has 3 amide bonds. The molecule has 3 aliphatic heterocycles. The monoisotopic (exact) mass is 843 g/mol. The Bertz CT molecular complexity index is 2320. The van der Waals surface area contributed by atoms with Gasteiger partial charge in [0.2, 0.25) is 5.91 Å². The van der Waals surface area contributed by atoms with E-state index in [9.17, 15) is 24.6 Å². The second-order valence-electron chi connectivity index (χ2n) is 16.3. The molecule has 0 bridgehead atoms. The van der Waals surface area contributed by atoms with Gasteiger partial charge in [0.1, 0.15) is 12.6 Å². The van der Waals surface area contributed by atoms with Crippen LogP contribution in [0.25, 0.3) is 11.1 Å². The van der Waals surface area contributed by atoms with Gasteiger partial charge in [-0.2, -0.15) is 0 Å². The summed E-state index contributed by atoms with van der Waals surface area (Å²) in [5, 5.41) is 24.5. The third-order valence-corrected chi connectivity index (χ3v) is 12.4. The van der Waals surface area contributed by atoms with E-state index in [1.165, 1.54) is 4.90 Å². The molecular weight excluding hydrogens is 794 g/mol. The Kier molecular flexibility index (Phi) is 13.0. The molecule has 3 fully saturated rings. The lowest BCUT2D eigenvalue weighted by molar-refractivity contribution is -0.277. The van der Waals surface area contributed by atoms with Crippen LogP contribution in [0.3, 0.4) is 0 Å². The molecule has 0 spiro atoms. The minimum Gasteiger partial charge on any atom is -0.445 e. The van der Waals surface area contributed by atoms with Crippen LogP contribution in [0.5, 0.6) is 0 Å². The number of carbonyl (C=O) groups is 3. The van der Waals surface area contributed by atoms with Crippen molar-refractivity contribution in [1.29, 1.82) is 0 Å². The van der Waals surface area contributed by atoms with Crippen LogP contribution in [0.15, 0.2) is 127 Å². The summed E-state index contributed by atoms with van der Waals surface area (Å²) in [4.78, 5) is 42.4. The van der Waals surface area contributed by atoms with Gasteiger partial charge in [0, 0.05) is 36.1 Å². The quantitative estimate of drug-likeness (QED) is 0.107. The van der Waals surface area contributed by atoms with Crippen LogP contribution >= 0.6 is 11.6 Å². The van der Waals surface area contributed by atoms with Gasteiger partial charge in [0.15, 0.2) is 6.29 Å². The van der Waals surface area contributed by atoms with Gasteiger partial charge < -0.3 is 34.6 Å². The molecule has 316 valence electrons. The summed E-state index contributed by atoms with van der Waals surface area (Å²) < 4.78 is 18.9. The molecule has 5 aromatic rings. The molecule has 0 aromatic heterocycles. The lowest BCUT2D eigenvalue weighted by atomic mass is 9.84. The van der Waals surface area contributed by atoms with E-state index in [-0.39, 0.29) is 50.2 Å². The van der Waals surface area contributed by atoms with Crippen molar-refractivity contribution in [2.45, 2.75) is 76.1 Å². The number of piperidine rings is 1. The van der Waals surface area contributed by atoms with Crippen molar-refractivity contribution in [3.63, 3.8) is 0 Å². The highest BCUT2D eigenvalue weighted by Crippen LogP contribution is 2.43. The summed E-state index contributed by atoms with van der Waals surface area (Å²) in [5.41, 5.74) is 5.97. The largest absolute Gasteiger partial charge is 0.445 e. The van der Waals surface area contributed by atoms with Crippen molar-refractivity contribution in [3.8, 4) is 11.1 Å². The predicted octanol–water partition coefficient (Wildman–Crippen LogP) is 7.83. The van der Waals surface area contributed by atoms with Gasteiger partial charge >= 0.3 is 6.09 Å². The van der Waals surface area contributed by atoms with Crippen molar-refractivity contribution in [3.05, 3.63) is 166 Å². The van der Waals surface area contributed by atoms with Crippen molar-refractivity contribution < 1.29 is 38.8 Å². The third-order valence-electron chi connectivity index (χ3n) is 12.1. The number of benzene rings is 5. The maximum atomic E-state index is 13.3. The maximum Gasteiger partial charge on any atom is 0.408 e. The van der Waals surface area contributed by atoms with Crippen LogP contribution in [0.2, 0.25) is 5.02 Å². The molecule has 0 saturated carbocycles. The fraction of sp³-hybridized carbons (Fsp3) is 0.327. The summed E-state index contributed by atoms with van der Waals surface area (Å²) in [6.07, 6.45) is -0.905. The molecule has 3 N–H and O–H groups in total. The summed E-state index contributed by atoms with van der Waals surface area (Å²) in [6, 6.07) is 39.2. The molecule has 12 heteroatoms. The van der Waals surface area contributed by atoms with Crippen molar-refractivity contribution >= 4 is 29.5 Å². The van der Waals surface area contributed by atoms with Crippen LogP contribution in [-0.2, 0) is 49.2 Å². The number of hydrogen-bond acceptors (Lipinski definition) is 9. The minimum absolute atomic E-state index is 0.0149. The molecule has 0 aliphatic carbocycles. The first-order chi connectivity index (χ1) is 29.5. The number of hydrogen-bond donors (Lipinski definition) is 3. The fourth-order valence-corrected chi connectivity index (χ4v) is 8.63. The topological polar surface area (TPSA) is 138 Å². The lowest BCUT2D eigenvalue weighted by Crippen LogP contribution is -2.49. The van der Waals surface area contributed by atoms with Gasteiger partial charge in [-0.3, -0.25) is 14.5 Å². The number of rotatable bonds is 12. The average molecular weight is 844 g/mol. The van der Waals surface area contributed by atoms with E-state index in [0.717, 1.165) is 44.5 Å². The van der Waals surface area contributed by atoms with Gasteiger partial charge in [0.25, 0.3) is 5.91 Å². The number of likely N-dealkylation sites (tertiary alicyclic amines) is 2. The predicted molar refractivity (Wildman–Crippen MR) is 230 cm³/mol. The molecule has 8 rings (SSSR count). The number of aliphatic hydroxyl groups excluding tert-OH is 1. The number of nitrogens with zero attached hydrogens (tertiary/aromatic N) is 2. The number of aliphatic hydroxyl groups is 2. The molecule has 5 aromatic carbocycles. The zero-order chi connectivity index (χ0) is 42.5. The van der Waals surface area contributed by atoms with E-state index >= 15 is 0 Å². The number of halogens is 1. The first-order valence-corrected chi connectivity index (χ1v) is 21.1. The number of nitrogens with one attached hydrogen (secondary N) is 1. The molecule has 61 heavy (non-hydrogen) atoms. The summed E-state index contributed by atoms with van der Waals surface area (Å²) in [6.45, 7) is 4.26. The average Bonchev–Trinajstić information content (AvgIpc) is 3.54. The first kappa shape index (κ1) is 42.3. The van der Waals surface area contributed by atoms with E-state index in [2.05, 4.69) is 17.1 Å². The van der Waals surface area contributed by atoms with Gasteiger partial charge in [0.05, 0.1) is 37.4 Å². The zero-order valence-electron chi connectivity index (χ0n) is 34.0. The normalized spacial score (nSPS) is 22.9. The highest BCUT2D eigenvalue weighted by molar-refractivity contribution is 6.30. The molecular formula is C49H50ClN3O8. The van der Waals surface area contributed by atoms with Gasteiger partial charge in [-0.1, -0.05) is 122 Å². The van der Waals surface area contributed by atoms with Crippen LogP contribution in [-0.4, -0.2) is 69.7 Å². The molecule has 0 radical (unpaired) electrons. The highest BCUT2D eigenvalue weighted by atomic mass is 35.5. The van der Waals surface area contributed by atoms with Crippen LogP contribution < -0.4 is 5.32 Å². The molecule has 1 unspecified atom stereocenters. The van der Waals surface area contributed by atoms with E-state index in [1.54, 1.807) is 0 Å². The first-order valence-electron chi connectivity index (χ1n) is 20.8. The van der Waals surface area contributed by atoms with Crippen molar-refractivity contribution in [2.24, 2.45) is 5.92 Å². The highest BCUT2D eigenvalue weighted by Gasteiger charge is 2.42. The number of imide groups is 1. The second-order valence-corrected chi connectivity index (χ2v) is 16.7. The SMILES string of the molecule is C[C@H]1[C@@H](CN2CCC(O)(c3ccc(Cl)cc3)CC2)O[C@@H](c2cccc(-c3cccc(CN4C(=O)CC(NC(=O)OCc5ccccc5)C4=O)c3)c2)O[C@H]1c1ccc(CO)cc1. The smallest absolute Gasteiger partial charge is 0.408 e. The molecule has 3 heterocycles. The Morgan fingerprint density at radius 3 is 2.23 bits per heavy atom. The maximum absolute atomic E-state index is 13.3. The molecule has 11 nitrogen and oxygen atoms in total. The number of carbonyl (C=O) groups excluding carboxylic acids is 3. The standard InChI is InChI=1S/C49H50ClN3O8/c1-32-43(29-52-23-21-49(58,22-24-52)40-17-19-41(50)20-18-40)60-47(61-45(32)36-15-13-33(30-54)14-16-36)39-12-6-11-38(26-39)37-10-5-9-35(25-37)28-53-44(55)27-42(46(53)56)51-48(57)59-31-34-7-3-2-4-8-34/h2-20,25-26,32,42-43,45,47,54,58H,21-24,27-31H2,1H3,(H,51,57)/t32-,42?,43+,45+,47+/m0/s1. The summed E-state index contributed by atoms with van der Waals surface area (Å²) in [5.74, 6) is -0.866. The van der Waals surface area contributed by atoms with E-state index in [4.69, 9.17) is 25.8 Å². The Labute approximate surface area is 360 Å². The van der Waals surface area contributed by atoms with Crippen LogP contribution in [0, 0.1) is 5.92 Å². The number of ether oxygens (including phenoxy) is 3. The van der Waals surface area contributed by atoms with E-state index < -0.39 is 29.9 Å². The van der Waals surface area contributed by atoms with Crippen molar-refractivity contribution in [1.82, 2.24) is 15.1 Å². The summed E-state index contributed by atoms with van der Waals surface area (Å²) in [7, 11) is 0. The molecule has 3 saturated heterocycles. The molecule has 3 aliphatic rings. The Balaban J connectivity index is 0.956. The third kappa shape index (κ3) is 9.89. The summed E-state index contributed by atoms with van der Waals surface area (Å²) >= 11 is 6.13. The second kappa shape index (κ2) is 18.7. The van der Waals surface area contributed by atoms with Crippen LogP contribution in [0.1, 0.15) is 72.0 Å². The lowest BCUT2D eigenvalue weighted by Gasteiger charge is -2.45. The minimum atomic E-state index is -0.998. The fourth-order valence-electron chi connectivity index (χ4n) is 8.50.